The number of ether oxygens (including phenoxy) is 2. The van der Waals surface area contributed by atoms with Gasteiger partial charge in [-0.25, -0.2) is 9.18 Å². The number of amides is 2. The van der Waals surface area contributed by atoms with E-state index in [1.54, 1.807) is 12.1 Å². The summed E-state index contributed by atoms with van der Waals surface area (Å²) in [4.78, 5) is 27.8. The lowest BCUT2D eigenvalue weighted by atomic mass is 10.1. The van der Waals surface area contributed by atoms with E-state index in [1.807, 2.05) is 36.1 Å². The van der Waals surface area contributed by atoms with Crippen LogP contribution in [0.1, 0.15) is 11.1 Å². The molecule has 0 aliphatic carbocycles. The van der Waals surface area contributed by atoms with Crippen molar-refractivity contribution < 1.29 is 23.5 Å². The number of rotatable bonds is 6. The number of carbonyl (C=O) groups is 2. The van der Waals surface area contributed by atoms with E-state index >= 15 is 0 Å². The molecule has 1 atom stereocenters. The van der Waals surface area contributed by atoms with E-state index in [-0.39, 0.29) is 31.2 Å². The number of anilines is 2. The highest BCUT2D eigenvalue weighted by Gasteiger charge is 2.33. The van der Waals surface area contributed by atoms with Crippen molar-refractivity contribution in [2.45, 2.75) is 19.4 Å². The molecule has 2 aromatic rings. The number of carbonyl (C=O) groups excluding carboxylic acids is 2. The van der Waals surface area contributed by atoms with Crippen LogP contribution in [0.15, 0.2) is 42.5 Å². The lowest BCUT2D eigenvalue weighted by molar-refractivity contribution is -0.120. The summed E-state index contributed by atoms with van der Waals surface area (Å²) in [6.45, 7) is 4.85. The van der Waals surface area contributed by atoms with Crippen LogP contribution in [-0.2, 0) is 20.7 Å². The molecule has 2 amide bonds. The maximum atomic E-state index is 14.7. The van der Waals surface area contributed by atoms with Crippen LogP contribution < -0.4 is 15.1 Å². The van der Waals surface area contributed by atoms with Crippen LogP contribution in [0, 0.1) is 12.7 Å². The molecule has 2 aliphatic heterocycles. The minimum Gasteiger partial charge on any atom is -0.442 e. The van der Waals surface area contributed by atoms with Crippen molar-refractivity contribution in [3.63, 3.8) is 0 Å². The maximum Gasteiger partial charge on any atom is 0.414 e. The van der Waals surface area contributed by atoms with Crippen LogP contribution in [0.25, 0.3) is 0 Å². The number of cyclic esters (lactones) is 1. The Kier molecular flexibility index (Phi) is 6.36. The van der Waals surface area contributed by atoms with E-state index in [4.69, 9.17) is 9.47 Å². The second kappa shape index (κ2) is 9.34. The first-order chi connectivity index (χ1) is 15.0. The molecule has 0 spiro atoms. The summed E-state index contributed by atoms with van der Waals surface area (Å²) in [6, 6.07) is 12.5. The van der Waals surface area contributed by atoms with Crippen LogP contribution >= 0.6 is 0 Å². The van der Waals surface area contributed by atoms with Gasteiger partial charge in [-0.2, -0.15) is 0 Å². The first-order valence-electron chi connectivity index (χ1n) is 10.4. The van der Waals surface area contributed by atoms with Gasteiger partial charge < -0.3 is 19.7 Å². The van der Waals surface area contributed by atoms with Crippen molar-refractivity contribution in [2.75, 3.05) is 49.2 Å². The fourth-order valence-electron chi connectivity index (χ4n) is 3.74. The van der Waals surface area contributed by atoms with Crippen molar-refractivity contribution in [3.05, 3.63) is 59.4 Å². The molecular formula is C23H26FN3O4. The predicted molar refractivity (Wildman–Crippen MR) is 115 cm³/mol. The molecule has 0 unspecified atom stereocenters. The van der Waals surface area contributed by atoms with Gasteiger partial charge >= 0.3 is 6.09 Å². The molecule has 2 saturated heterocycles. The summed E-state index contributed by atoms with van der Waals surface area (Å²) in [5.41, 5.74) is 2.99. The molecule has 0 bridgehead atoms. The molecule has 4 rings (SSSR count). The molecule has 2 aliphatic rings. The first-order valence-corrected chi connectivity index (χ1v) is 10.4. The highest BCUT2D eigenvalue weighted by atomic mass is 19.1. The average molecular weight is 427 g/mol. The van der Waals surface area contributed by atoms with Crippen LogP contribution in [-0.4, -0.2) is 57.5 Å². The summed E-state index contributed by atoms with van der Waals surface area (Å²) in [6.07, 6.45) is -0.772. The number of hydrogen-bond donors (Lipinski definition) is 1. The summed E-state index contributed by atoms with van der Waals surface area (Å²) in [5.74, 6) is -0.527. The Hall–Kier alpha value is -3.13. The van der Waals surface area contributed by atoms with Crippen molar-refractivity contribution in [3.8, 4) is 0 Å². The molecule has 8 heteroatoms. The number of benzene rings is 2. The number of nitrogens with one attached hydrogen (secondary N) is 1. The third-order valence-corrected chi connectivity index (χ3v) is 5.48. The quantitative estimate of drug-likeness (QED) is 0.768. The highest BCUT2D eigenvalue weighted by molar-refractivity contribution is 5.90. The number of hydrogen-bond acceptors (Lipinski definition) is 5. The molecule has 0 aromatic heterocycles. The normalized spacial score (nSPS) is 18.8. The van der Waals surface area contributed by atoms with Crippen molar-refractivity contribution in [1.82, 2.24) is 5.32 Å². The first kappa shape index (κ1) is 21.1. The summed E-state index contributed by atoms with van der Waals surface area (Å²) < 4.78 is 25.3. The van der Waals surface area contributed by atoms with Gasteiger partial charge in [0.1, 0.15) is 11.9 Å². The van der Waals surface area contributed by atoms with Crippen molar-refractivity contribution >= 4 is 23.4 Å². The van der Waals surface area contributed by atoms with Crippen LogP contribution in [0.4, 0.5) is 20.6 Å². The zero-order chi connectivity index (χ0) is 21.8. The fourth-order valence-corrected chi connectivity index (χ4v) is 3.74. The molecule has 31 heavy (non-hydrogen) atoms. The largest absolute Gasteiger partial charge is 0.442 e. The Balaban J connectivity index is 1.32. The number of nitrogens with zero attached hydrogens (tertiary/aromatic N) is 2. The second-order valence-corrected chi connectivity index (χ2v) is 7.82. The third-order valence-electron chi connectivity index (χ3n) is 5.48. The van der Waals surface area contributed by atoms with Gasteiger partial charge in [0.2, 0.25) is 5.91 Å². The van der Waals surface area contributed by atoms with Gasteiger partial charge in [0, 0.05) is 13.1 Å². The Bertz CT molecular complexity index is 944. The monoisotopic (exact) mass is 427 g/mol. The molecule has 2 fully saturated rings. The number of halogens is 1. The standard InChI is InChI=1S/C23H26FN3O4/c1-16-2-4-17(5-3-16)12-22(28)25-14-19-15-27(23(29)31-19)18-6-7-21(20(24)13-18)26-8-10-30-11-9-26/h2-7,13,19H,8-12,14-15H2,1H3,(H,25,28)/t19-/m0/s1. The highest BCUT2D eigenvalue weighted by Crippen LogP contribution is 2.28. The van der Waals surface area contributed by atoms with E-state index in [0.29, 0.717) is 37.7 Å². The molecule has 0 saturated carbocycles. The Morgan fingerprint density at radius 2 is 1.90 bits per heavy atom. The molecule has 2 aromatic carbocycles. The Morgan fingerprint density at radius 3 is 2.61 bits per heavy atom. The average Bonchev–Trinajstić information content (AvgIpc) is 3.15. The van der Waals surface area contributed by atoms with Crippen LogP contribution in [0.2, 0.25) is 0 Å². The molecule has 0 radical (unpaired) electrons. The van der Waals surface area contributed by atoms with E-state index in [1.165, 1.54) is 11.0 Å². The van der Waals surface area contributed by atoms with E-state index < -0.39 is 12.2 Å². The van der Waals surface area contributed by atoms with Gasteiger partial charge in [-0.15, -0.1) is 0 Å². The van der Waals surface area contributed by atoms with E-state index in [0.717, 1.165) is 11.1 Å². The van der Waals surface area contributed by atoms with Crippen molar-refractivity contribution in [1.29, 1.82) is 0 Å². The van der Waals surface area contributed by atoms with Gasteiger partial charge in [0.25, 0.3) is 0 Å². The molecule has 1 N–H and O–H groups in total. The second-order valence-electron chi connectivity index (χ2n) is 7.82. The number of morpholine rings is 1. The predicted octanol–water partition coefficient (Wildman–Crippen LogP) is 2.65. The minimum absolute atomic E-state index is 0.140. The molecule has 164 valence electrons. The van der Waals surface area contributed by atoms with Gasteiger partial charge in [0.05, 0.1) is 44.1 Å². The zero-order valence-corrected chi connectivity index (χ0v) is 17.5. The van der Waals surface area contributed by atoms with Crippen LogP contribution in [0.3, 0.4) is 0 Å². The third kappa shape index (κ3) is 5.14. The van der Waals surface area contributed by atoms with E-state index in [9.17, 15) is 14.0 Å². The SMILES string of the molecule is Cc1ccc(CC(=O)NC[C@H]2CN(c3ccc(N4CCOCC4)c(F)c3)C(=O)O2)cc1. The van der Waals surface area contributed by atoms with Crippen molar-refractivity contribution in [2.24, 2.45) is 0 Å². The Labute approximate surface area is 180 Å². The number of aryl methyl sites for hydroxylation is 1. The van der Waals surface area contributed by atoms with Gasteiger partial charge in [0.15, 0.2) is 0 Å². The molecular weight excluding hydrogens is 401 g/mol. The van der Waals surface area contributed by atoms with Gasteiger partial charge in [-0.05, 0) is 30.7 Å². The molecule has 2 heterocycles. The smallest absolute Gasteiger partial charge is 0.414 e. The lowest BCUT2D eigenvalue weighted by Gasteiger charge is -2.29. The topological polar surface area (TPSA) is 71.1 Å². The Morgan fingerprint density at radius 1 is 1.16 bits per heavy atom. The lowest BCUT2D eigenvalue weighted by Crippen LogP contribution is -2.37. The van der Waals surface area contributed by atoms with Gasteiger partial charge in [-0.1, -0.05) is 29.8 Å². The summed E-state index contributed by atoms with van der Waals surface area (Å²) in [5, 5.41) is 2.81. The maximum absolute atomic E-state index is 14.7. The van der Waals surface area contributed by atoms with Crippen LogP contribution in [0.5, 0.6) is 0 Å². The van der Waals surface area contributed by atoms with E-state index in [2.05, 4.69) is 5.32 Å². The summed E-state index contributed by atoms with van der Waals surface area (Å²) in [7, 11) is 0. The fraction of sp³-hybridized carbons (Fsp3) is 0.391. The minimum atomic E-state index is -0.545. The molecule has 7 nitrogen and oxygen atoms in total. The van der Waals surface area contributed by atoms with Gasteiger partial charge in [-0.3, -0.25) is 9.69 Å². The zero-order valence-electron chi connectivity index (χ0n) is 17.5. The summed E-state index contributed by atoms with van der Waals surface area (Å²) >= 11 is 0.